The fraction of sp³-hybridized carbons (Fsp3) is 0.667. The quantitative estimate of drug-likeness (QED) is 0.159. The number of nitrogens with zero attached hydrogens (tertiary/aromatic N) is 5. The van der Waals surface area contributed by atoms with Crippen LogP contribution in [-0.4, -0.2) is 113 Å². The fourth-order valence-corrected chi connectivity index (χ4v) is 5.92. The van der Waals surface area contributed by atoms with Gasteiger partial charge in [-0.25, -0.2) is 9.59 Å². The third kappa shape index (κ3) is 11.8. The van der Waals surface area contributed by atoms with Crippen LogP contribution in [0.2, 0.25) is 0 Å². The van der Waals surface area contributed by atoms with Crippen molar-refractivity contribution in [1.29, 1.82) is 0 Å². The van der Waals surface area contributed by atoms with Gasteiger partial charge in [0.2, 0.25) is 0 Å². The van der Waals surface area contributed by atoms with Crippen LogP contribution in [0.25, 0.3) is 0 Å². The molecule has 1 N–H and O–H groups in total. The van der Waals surface area contributed by atoms with Crippen LogP contribution < -0.4 is 0 Å². The summed E-state index contributed by atoms with van der Waals surface area (Å²) < 4.78 is 39.0. The first kappa shape index (κ1) is 36.1. The van der Waals surface area contributed by atoms with Gasteiger partial charge in [-0.1, -0.05) is 12.1 Å². The van der Waals surface area contributed by atoms with Crippen LogP contribution >= 0.6 is 0 Å². The van der Waals surface area contributed by atoms with Crippen molar-refractivity contribution in [3.63, 3.8) is 0 Å². The highest BCUT2D eigenvalue weighted by Crippen LogP contribution is 2.20. The minimum absolute atomic E-state index is 0.130. The molecule has 15 heteroatoms. The van der Waals surface area contributed by atoms with E-state index in [1.54, 1.807) is 12.1 Å². The molecule has 4 saturated heterocycles. The van der Waals surface area contributed by atoms with Crippen molar-refractivity contribution in [2.24, 2.45) is 0 Å². The summed E-state index contributed by atoms with van der Waals surface area (Å²) in [5.41, 5.74) is 0.509. The van der Waals surface area contributed by atoms with Crippen LogP contribution in [0.3, 0.4) is 0 Å². The number of hydrogen-bond acceptors (Lipinski definition) is 5. The molecule has 5 aliphatic heterocycles. The summed E-state index contributed by atoms with van der Waals surface area (Å²) in [6.45, 7) is 7.85. The molecule has 0 spiro atoms. The number of piperidine rings is 4. The van der Waals surface area contributed by atoms with Gasteiger partial charge in [-0.3, -0.25) is 14.8 Å². The molecule has 0 aromatic heterocycles. The lowest BCUT2D eigenvalue weighted by molar-refractivity contribution is -0.0327. The van der Waals surface area contributed by atoms with Gasteiger partial charge < -0.3 is 36.9 Å². The molecule has 6 amide bonds. The second-order valence-corrected chi connectivity index (χ2v) is 11.7. The van der Waals surface area contributed by atoms with E-state index >= 15 is 0 Å². The topological polar surface area (TPSA) is 105 Å². The molecule has 45 heavy (non-hydrogen) atoms. The van der Waals surface area contributed by atoms with E-state index in [-0.39, 0.29) is 16.2 Å². The van der Waals surface area contributed by atoms with Crippen molar-refractivity contribution >= 4 is 31.1 Å². The molecule has 0 aliphatic carbocycles. The van der Waals surface area contributed by atoms with Crippen LogP contribution in [0.15, 0.2) is 24.3 Å². The first-order chi connectivity index (χ1) is 21.5. The van der Waals surface area contributed by atoms with E-state index in [1.807, 2.05) is 19.6 Å². The standard InChI is InChI=1S/2C11H20N2O.C8H5NO3.BF4/c2*14-11(12-7-3-1-4-8-12)13-9-5-2-6-10-13;10-7-5-3-1-2-4-6(5)8(11)9(7)12;2-1(3,4)5/h2*1-10H2;1-4,12H;/q;;;-1. The third-order valence-corrected chi connectivity index (χ3v) is 8.28. The first-order valence-electron chi connectivity index (χ1n) is 16.1. The predicted molar refractivity (Wildman–Crippen MR) is 161 cm³/mol. The Bertz CT molecular complexity index is 995. The zero-order chi connectivity index (χ0) is 32.8. The SMILES string of the molecule is F[B-](F)(F)F.O=C(N1CCCCC1)N1CCCCC1.O=C(N1CCCCC1)N1CCCCC1.O=C1c2ccccc2C(=O)N1O. The molecule has 6 rings (SSSR count). The van der Waals surface area contributed by atoms with Gasteiger partial charge in [-0.2, -0.15) is 0 Å². The maximum atomic E-state index is 12.0. The van der Waals surface area contributed by atoms with Crippen molar-refractivity contribution in [1.82, 2.24) is 24.7 Å². The van der Waals surface area contributed by atoms with Crippen molar-refractivity contribution in [2.75, 3.05) is 52.4 Å². The van der Waals surface area contributed by atoms with Gasteiger partial charge >= 0.3 is 19.3 Å². The summed E-state index contributed by atoms with van der Waals surface area (Å²) in [5.74, 6) is -1.31. The average molecular weight is 643 g/mol. The summed E-state index contributed by atoms with van der Waals surface area (Å²) in [7, 11) is -6.00. The molecule has 252 valence electrons. The van der Waals surface area contributed by atoms with Gasteiger partial charge in [0, 0.05) is 52.4 Å². The molecule has 0 radical (unpaired) electrons. The molecule has 0 unspecified atom stereocenters. The lowest BCUT2D eigenvalue weighted by Gasteiger charge is -2.34. The molecule has 5 aliphatic rings. The number of urea groups is 2. The molecular formula is C30H45BF4N5O5-. The minimum Gasteiger partial charge on any atom is -0.418 e. The lowest BCUT2D eigenvalue weighted by atomic mass is 10.1. The van der Waals surface area contributed by atoms with E-state index in [0.717, 1.165) is 52.4 Å². The number of hydroxylamine groups is 2. The van der Waals surface area contributed by atoms with Crippen molar-refractivity contribution in [3.05, 3.63) is 35.4 Å². The number of carbonyl (C=O) groups excluding carboxylic acids is 4. The normalized spacial score (nSPS) is 20.2. The average Bonchev–Trinajstić information content (AvgIpc) is 3.29. The Hall–Kier alpha value is -3.36. The molecule has 5 heterocycles. The highest BCUT2D eigenvalue weighted by molar-refractivity contribution is 6.50. The number of likely N-dealkylation sites (tertiary alicyclic amines) is 4. The molecule has 1 aromatic rings. The Balaban J connectivity index is 0.000000172. The van der Waals surface area contributed by atoms with Gasteiger partial charge in [0.25, 0.3) is 11.8 Å². The van der Waals surface area contributed by atoms with E-state index in [0.29, 0.717) is 12.1 Å². The summed E-state index contributed by atoms with van der Waals surface area (Å²) >= 11 is 0. The Morgan fingerprint density at radius 3 is 0.956 bits per heavy atom. The maximum absolute atomic E-state index is 12.0. The molecule has 10 nitrogen and oxygen atoms in total. The number of benzene rings is 1. The lowest BCUT2D eigenvalue weighted by Crippen LogP contribution is -2.47. The monoisotopic (exact) mass is 642 g/mol. The van der Waals surface area contributed by atoms with Crippen LogP contribution in [0.4, 0.5) is 26.9 Å². The Labute approximate surface area is 262 Å². The molecule has 1 aromatic carbocycles. The number of halogens is 4. The van der Waals surface area contributed by atoms with Crippen molar-refractivity contribution in [3.8, 4) is 0 Å². The smallest absolute Gasteiger partial charge is 0.418 e. The van der Waals surface area contributed by atoms with Gasteiger partial charge in [-0.05, 0) is 89.2 Å². The van der Waals surface area contributed by atoms with Gasteiger partial charge in [0.15, 0.2) is 0 Å². The van der Waals surface area contributed by atoms with Gasteiger partial charge in [0.05, 0.1) is 11.1 Å². The zero-order valence-corrected chi connectivity index (χ0v) is 25.9. The van der Waals surface area contributed by atoms with Crippen molar-refractivity contribution in [2.45, 2.75) is 77.0 Å². The number of hydrogen-bond donors (Lipinski definition) is 1. The zero-order valence-electron chi connectivity index (χ0n) is 25.9. The molecule has 0 bridgehead atoms. The fourth-order valence-electron chi connectivity index (χ4n) is 5.92. The first-order valence-corrected chi connectivity index (χ1v) is 16.1. The van der Waals surface area contributed by atoms with E-state index < -0.39 is 19.1 Å². The van der Waals surface area contributed by atoms with Gasteiger partial charge in [-0.15, -0.1) is 5.06 Å². The number of amides is 6. The highest BCUT2D eigenvalue weighted by Gasteiger charge is 2.34. The summed E-state index contributed by atoms with van der Waals surface area (Å²) in [5, 5.41) is 9.05. The third-order valence-electron chi connectivity index (χ3n) is 8.28. The number of fused-ring (bicyclic) bond motifs is 1. The second kappa shape index (κ2) is 18.0. The molecule has 4 fully saturated rings. The Morgan fingerprint density at radius 2 is 0.733 bits per heavy atom. The van der Waals surface area contributed by atoms with Crippen LogP contribution in [0, 0.1) is 0 Å². The number of rotatable bonds is 0. The molecule has 0 saturated carbocycles. The van der Waals surface area contributed by atoms with Crippen molar-refractivity contribution < 1.29 is 41.6 Å². The van der Waals surface area contributed by atoms with E-state index in [9.17, 15) is 36.4 Å². The van der Waals surface area contributed by atoms with Gasteiger partial charge in [0.1, 0.15) is 0 Å². The minimum atomic E-state index is -6.00. The molecular weight excluding hydrogens is 597 g/mol. The predicted octanol–water partition coefficient (Wildman–Crippen LogP) is 6.13. The molecule has 0 atom stereocenters. The summed E-state index contributed by atoms with van der Waals surface area (Å²) in [4.78, 5) is 54.3. The van der Waals surface area contributed by atoms with Crippen LogP contribution in [0.5, 0.6) is 0 Å². The largest absolute Gasteiger partial charge is 0.673 e. The van der Waals surface area contributed by atoms with Crippen LogP contribution in [-0.2, 0) is 0 Å². The Kier molecular flexibility index (Phi) is 14.4. The van der Waals surface area contributed by atoms with Crippen LogP contribution in [0.1, 0.15) is 97.8 Å². The number of imide groups is 1. The van der Waals surface area contributed by atoms with E-state index in [4.69, 9.17) is 5.21 Å². The summed E-state index contributed by atoms with van der Waals surface area (Å²) in [6.07, 6.45) is 14.7. The number of carbonyl (C=O) groups is 4. The maximum Gasteiger partial charge on any atom is 0.673 e. The second-order valence-electron chi connectivity index (χ2n) is 11.7. The van der Waals surface area contributed by atoms with E-state index in [2.05, 4.69) is 0 Å². The summed E-state index contributed by atoms with van der Waals surface area (Å²) in [6, 6.07) is 6.89. The Morgan fingerprint density at radius 1 is 0.511 bits per heavy atom. The highest BCUT2D eigenvalue weighted by atomic mass is 19.5. The van der Waals surface area contributed by atoms with E-state index in [1.165, 1.54) is 89.2 Å².